The van der Waals surface area contributed by atoms with Gasteiger partial charge in [0.1, 0.15) is 6.04 Å². The molecule has 0 aliphatic carbocycles. The number of amides is 2. The predicted molar refractivity (Wildman–Crippen MR) is 122 cm³/mol. The summed E-state index contributed by atoms with van der Waals surface area (Å²) in [5.41, 5.74) is 3.10. The van der Waals surface area contributed by atoms with E-state index < -0.39 is 0 Å². The maximum atomic E-state index is 12.9. The standard InChI is InChI=1S/C24H29N3O5/c1-26-19-13-16(8-9-17(19)27-10-6-5-7-18(27)24(26)29)23(28)25-14-15-11-20(30-2)22(32-4)21(12-15)31-3/h8-9,11-13,18H,5-7,10,14H2,1-4H3,(H,25,28)/t18-/m0/s1. The summed E-state index contributed by atoms with van der Waals surface area (Å²) in [7, 11) is 6.44. The highest BCUT2D eigenvalue weighted by Gasteiger charge is 2.38. The van der Waals surface area contributed by atoms with Crippen molar-refractivity contribution in [3.05, 3.63) is 41.5 Å². The van der Waals surface area contributed by atoms with E-state index >= 15 is 0 Å². The minimum Gasteiger partial charge on any atom is -0.493 e. The molecule has 2 aliphatic heterocycles. The molecule has 1 atom stereocenters. The van der Waals surface area contributed by atoms with Crippen LogP contribution in [0.1, 0.15) is 35.2 Å². The molecule has 0 spiro atoms. The fraction of sp³-hybridized carbons (Fsp3) is 0.417. The van der Waals surface area contributed by atoms with Crippen LogP contribution in [0.15, 0.2) is 30.3 Å². The number of hydrogen-bond donors (Lipinski definition) is 1. The van der Waals surface area contributed by atoms with Gasteiger partial charge < -0.3 is 29.3 Å². The third-order valence-electron chi connectivity index (χ3n) is 6.20. The summed E-state index contributed by atoms with van der Waals surface area (Å²) in [6, 6.07) is 9.07. The lowest BCUT2D eigenvalue weighted by molar-refractivity contribution is -0.120. The fourth-order valence-corrected chi connectivity index (χ4v) is 4.52. The molecule has 2 amide bonds. The quantitative estimate of drug-likeness (QED) is 0.746. The molecule has 32 heavy (non-hydrogen) atoms. The van der Waals surface area contributed by atoms with Gasteiger partial charge in [-0.3, -0.25) is 9.59 Å². The molecule has 0 radical (unpaired) electrons. The Bertz CT molecular complexity index is 1010. The summed E-state index contributed by atoms with van der Waals surface area (Å²) in [5.74, 6) is 1.43. The lowest BCUT2D eigenvalue weighted by Gasteiger charge is -2.44. The average molecular weight is 440 g/mol. The number of nitrogens with one attached hydrogen (secondary N) is 1. The van der Waals surface area contributed by atoms with E-state index in [1.54, 1.807) is 51.5 Å². The van der Waals surface area contributed by atoms with E-state index in [4.69, 9.17) is 14.2 Å². The Morgan fingerprint density at radius 3 is 2.41 bits per heavy atom. The van der Waals surface area contributed by atoms with Crippen molar-refractivity contribution < 1.29 is 23.8 Å². The van der Waals surface area contributed by atoms with Gasteiger partial charge >= 0.3 is 0 Å². The second kappa shape index (κ2) is 8.98. The number of hydrogen-bond acceptors (Lipinski definition) is 6. The molecule has 2 aromatic carbocycles. The van der Waals surface area contributed by atoms with E-state index in [-0.39, 0.29) is 24.4 Å². The summed E-state index contributed by atoms with van der Waals surface area (Å²) in [6.45, 7) is 1.15. The Morgan fingerprint density at radius 1 is 1.03 bits per heavy atom. The van der Waals surface area contributed by atoms with Crippen molar-refractivity contribution >= 4 is 23.2 Å². The van der Waals surface area contributed by atoms with Gasteiger partial charge in [0, 0.05) is 25.7 Å². The summed E-state index contributed by atoms with van der Waals surface area (Å²) in [5, 5.41) is 2.94. The molecule has 1 N–H and O–H groups in total. The summed E-state index contributed by atoms with van der Waals surface area (Å²) >= 11 is 0. The number of ether oxygens (including phenoxy) is 3. The molecular weight excluding hydrogens is 410 g/mol. The van der Waals surface area contributed by atoms with Crippen molar-refractivity contribution in [1.82, 2.24) is 5.32 Å². The first kappa shape index (κ1) is 21.8. The largest absolute Gasteiger partial charge is 0.493 e. The van der Waals surface area contributed by atoms with E-state index in [0.717, 1.165) is 42.7 Å². The van der Waals surface area contributed by atoms with Crippen LogP contribution in [0.2, 0.25) is 0 Å². The van der Waals surface area contributed by atoms with Crippen molar-refractivity contribution in [3.8, 4) is 17.2 Å². The third kappa shape index (κ3) is 3.81. The van der Waals surface area contributed by atoms with Gasteiger partial charge in [-0.05, 0) is 55.2 Å². The molecule has 8 nitrogen and oxygen atoms in total. The highest BCUT2D eigenvalue weighted by molar-refractivity contribution is 6.07. The van der Waals surface area contributed by atoms with Crippen molar-refractivity contribution in [2.75, 3.05) is 44.7 Å². The van der Waals surface area contributed by atoms with Gasteiger partial charge in [-0.2, -0.15) is 0 Å². The molecule has 0 unspecified atom stereocenters. The van der Waals surface area contributed by atoms with Gasteiger partial charge in [0.15, 0.2) is 11.5 Å². The van der Waals surface area contributed by atoms with Crippen LogP contribution in [-0.4, -0.2) is 52.8 Å². The fourth-order valence-electron chi connectivity index (χ4n) is 4.52. The molecule has 8 heteroatoms. The maximum Gasteiger partial charge on any atom is 0.251 e. The number of likely N-dealkylation sites (N-methyl/N-ethyl adjacent to an activating group) is 1. The van der Waals surface area contributed by atoms with Crippen molar-refractivity contribution in [2.24, 2.45) is 0 Å². The van der Waals surface area contributed by atoms with Crippen molar-refractivity contribution in [3.63, 3.8) is 0 Å². The molecule has 1 fully saturated rings. The highest BCUT2D eigenvalue weighted by atomic mass is 16.5. The SMILES string of the molecule is COc1cc(CNC(=O)c2ccc3c(c2)N(C)C(=O)[C@@H]2CCCCN32)cc(OC)c1OC. The van der Waals surface area contributed by atoms with Gasteiger partial charge in [-0.1, -0.05) is 0 Å². The first-order valence-corrected chi connectivity index (χ1v) is 10.7. The first-order valence-electron chi connectivity index (χ1n) is 10.7. The average Bonchev–Trinajstić information content (AvgIpc) is 2.84. The molecular formula is C24H29N3O5. The number of benzene rings is 2. The number of fused-ring (bicyclic) bond motifs is 3. The summed E-state index contributed by atoms with van der Waals surface area (Å²) < 4.78 is 16.1. The van der Waals surface area contributed by atoms with Crippen LogP contribution < -0.4 is 29.3 Å². The topological polar surface area (TPSA) is 80.3 Å². The normalized spacial score (nSPS) is 17.4. The van der Waals surface area contributed by atoms with Crippen LogP contribution in [0.25, 0.3) is 0 Å². The predicted octanol–water partition coefficient (Wildman–Crippen LogP) is 2.98. The van der Waals surface area contributed by atoms with Crippen LogP contribution in [0.3, 0.4) is 0 Å². The number of piperidine rings is 1. The van der Waals surface area contributed by atoms with E-state index in [0.29, 0.717) is 22.8 Å². The second-order valence-corrected chi connectivity index (χ2v) is 8.02. The molecule has 0 bridgehead atoms. The number of anilines is 2. The van der Waals surface area contributed by atoms with Gasteiger partial charge in [-0.25, -0.2) is 0 Å². The Hall–Kier alpha value is -3.42. The lowest BCUT2D eigenvalue weighted by atomic mass is 9.96. The van der Waals surface area contributed by atoms with Crippen LogP contribution >= 0.6 is 0 Å². The monoisotopic (exact) mass is 439 g/mol. The van der Waals surface area contributed by atoms with Gasteiger partial charge in [-0.15, -0.1) is 0 Å². The number of methoxy groups -OCH3 is 3. The number of carbonyl (C=O) groups excluding carboxylic acids is 2. The van der Waals surface area contributed by atoms with E-state index in [9.17, 15) is 9.59 Å². The van der Waals surface area contributed by atoms with Gasteiger partial charge in [0.2, 0.25) is 11.7 Å². The number of nitrogens with zero attached hydrogens (tertiary/aromatic N) is 2. The number of carbonyl (C=O) groups is 2. The van der Waals surface area contributed by atoms with Crippen molar-refractivity contribution in [1.29, 1.82) is 0 Å². The zero-order valence-corrected chi connectivity index (χ0v) is 18.9. The molecule has 2 heterocycles. The highest BCUT2D eigenvalue weighted by Crippen LogP contribution is 2.40. The number of rotatable bonds is 6. The second-order valence-electron chi connectivity index (χ2n) is 8.02. The molecule has 2 aliphatic rings. The lowest BCUT2D eigenvalue weighted by Crippen LogP contribution is -2.54. The smallest absolute Gasteiger partial charge is 0.251 e. The van der Waals surface area contributed by atoms with Gasteiger partial charge in [0.05, 0.1) is 32.7 Å². The Kier molecular flexibility index (Phi) is 6.12. The summed E-state index contributed by atoms with van der Waals surface area (Å²) in [6.07, 6.45) is 3.01. The van der Waals surface area contributed by atoms with E-state index in [2.05, 4.69) is 10.2 Å². The molecule has 0 aromatic heterocycles. The third-order valence-corrected chi connectivity index (χ3v) is 6.20. The zero-order valence-electron chi connectivity index (χ0n) is 18.9. The Labute approximate surface area is 188 Å². The van der Waals surface area contributed by atoms with Gasteiger partial charge in [0.25, 0.3) is 5.91 Å². The van der Waals surface area contributed by atoms with Crippen molar-refractivity contribution in [2.45, 2.75) is 31.8 Å². The first-order chi connectivity index (χ1) is 15.5. The summed E-state index contributed by atoms with van der Waals surface area (Å²) in [4.78, 5) is 29.6. The maximum absolute atomic E-state index is 12.9. The Balaban J connectivity index is 1.54. The van der Waals surface area contributed by atoms with E-state index in [1.807, 2.05) is 12.1 Å². The zero-order chi connectivity index (χ0) is 22.8. The molecule has 2 aromatic rings. The minimum atomic E-state index is -0.219. The van der Waals surface area contributed by atoms with Crippen LogP contribution in [0, 0.1) is 0 Å². The van der Waals surface area contributed by atoms with Crippen LogP contribution in [0.5, 0.6) is 17.2 Å². The van der Waals surface area contributed by atoms with Crippen LogP contribution in [0.4, 0.5) is 11.4 Å². The molecule has 4 rings (SSSR count). The van der Waals surface area contributed by atoms with Crippen LogP contribution in [-0.2, 0) is 11.3 Å². The molecule has 170 valence electrons. The minimum absolute atomic E-state index is 0.0900. The molecule has 1 saturated heterocycles. The Morgan fingerprint density at radius 2 is 1.75 bits per heavy atom. The van der Waals surface area contributed by atoms with E-state index in [1.165, 1.54) is 0 Å². The molecule has 0 saturated carbocycles.